The van der Waals surface area contributed by atoms with Crippen LogP contribution in [0.5, 0.6) is 0 Å². The second-order valence-corrected chi connectivity index (χ2v) is 18.0. The van der Waals surface area contributed by atoms with E-state index >= 15 is 0 Å². The summed E-state index contributed by atoms with van der Waals surface area (Å²) in [7, 11) is 0. The van der Waals surface area contributed by atoms with Gasteiger partial charge in [0.1, 0.15) is 30.5 Å². The molecule has 2 aromatic rings. The van der Waals surface area contributed by atoms with E-state index in [0.717, 1.165) is 94.4 Å². The lowest BCUT2D eigenvalue weighted by Crippen LogP contribution is -2.61. The summed E-state index contributed by atoms with van der Waals surface area (Å²) in [5.41, 5.74) is -0.0450. The molecule has 1 aliphatic rings. The number of carbonyl (C=O) groups is 2. The first-order valence-electron chi connectivity index (χ1n) is 24.4. The topological polar surface area (TPSA) is 178 Å². The minimum atomic E-state index is -4.59. The first kappa shape index (κ1) is 57.1. The Kier molecular flexibility index (Phi) is 27.4. The highest BCUT2D eigenvalue weighted by Crippen LogP contribution is 2.30. The van der Waals surface area contributed by atoms with Crippen LogP contribution in [-0.2, 0) is 38.1 Å². The number of unbranched alkanes of at least 4 members (excludes halogenated alkanes) is 18. The number of alkyl halides is 3. The first-order chi connectivity index (χ1) is 31.6. The molecule has 3 rings (SSSR count). The number of halogens is 5. The lowest BCUT2D eigenvalue weighted by molar-refractivity contribution is -0.297. The average Bonchev–Trinajstić information content (AvgIpc) is 3.28. The van der Waals surface area contributed by atoms with Crippen LogP contribution in [0.3, 0.4) is 0 Å². The predicted molar refractivity (Wildman–Crippen MR) is 242 cm³/mol. The number of carbonyl (C=O) groups excluding carboxylic acids is 2. The van der Waals surface area contributed by atoms with Crippen molar-refractivity contribution in [2.45, 2.75) is 216 Å². The Balaban J connectivity index is 1.48. The van der Waals surface area contributed by atoms with Crippen molar-refractivity contribution in [1.82, 2.24) is 10.6 Å². The van der Waals surface area contributed by atoms with Gasteiger partial charge >= 0.3 is 6.18 Å². The molecule has 1 saturated heterocycles. The Bertz CT molecular complexity index is 1660. The Morgan fingerprint density at radius 1 is 0.697 bits per heavy atom. The summed E-state index contributed by atoms with van der Waals surface area (Å²) in [6, 6.07) is 7.11. The van der Waals surface area contributed by atoms with E-state index in [1.54, 1.807) is 6.07 Å². The fraction of sp³-hybridized carbons (Fsp3) is 0.720. The molecule has 2 unspecified atom stereocenters. The van der Waals surface area contributed by atoms with Gasteiger partial charge in [-0.25, -0.2) is 8.78 Å². The zero-order valence-electron chi connectivity index (χ0n) is 38.8. The van der Waals surface area contributed by atoms with Crippen molar-refractivity contribution in [1.29, 1.82) is 0 Å². The van der Waals surface area contributed by atoms with E-state index in [1.807, 2.05) is 0 Å². The van der Waals surface area contributed by atoms with Crippen molar-refractivity contribution in [2.24, 2.45) is 0 Å². The molecular formula is C50H77F5N2O9. The lowest BCUT2D eigenvalue weighted by atomic mass is 9.98. The second-order valence-electron chi connectivity index (χ2n) is 18.0. The Morgan fingerprint density at radius 2 is 1.29 bits per heavy atom. The van der Waals surface area contributed by atoms with Crippen LogP contribution >= 0.6 is 0 Å². The van der Waals surface area contributed by atoms with Gasteiger partial charge in [0, 0.05) is 13.0 Å². The summed E-state index contributed by atoms with van der Waals surface area (Å²) in [5, 5.41) is 59.6. The molecule has 0 radical (unpaired) electrons. The van der Waals surface area contributed by atoms with Crippen LogP contribution in [0.4, 0.5) is 22.0 Å². The maximum atomic E-state index is 13.4. The van der Waals surface area contributed by atoms with Crippen molar-refractivity contribution < 1.29 is 66.5 Å². The molecule has 376 valence electrons. The van der Waals surface area contributed by atoms with E-state index in [9.17, 15) is 57.1 Å². The first-order valence-corrected chi connectivity index (χ1v) is 24.4. The quantitative estimate of drug-likeness (QED) is 0.0268. The third-order valence-electron chi connectivity index (χ3n) is 12.3. The van der Waals surface area contributed by atoms with Gasteiger partial charge in [-0.05, 0) is 55.0 Å². The second kappa shape index (κ2) is 31.7. The molecule has 2 amide bonds. The number of hydrogen-bond donors (Lipinski definition) is 7. The summed E-state index contributed by atoms with van der Waals surface area (Å²) >= 11 is 0. The van der Waals surface area contributed by atoms with E-state index < -0.39 is 97.8 Å². The molecule has 66 heavy (non-hydrogen) atoms. The summed E-state index contributed by atoms with van der Waals surface area (Å²) in [5.74, 6) is -2.77. The van der Waals surface area contributed by atoms with Crippen molar-refractivity contribution in [3.63, 3.8) is 0 Å². The van der Waals surface area contributed by atoms with E-state index in [-0.39, 0.29) is 24.3 Å². The maximum Gasteiger partial charge on any atom is 0.416 e. The highest BCUT2D eigenvalue weighted by molar-refractivity contribution is 5.78. The van der Waals surface area contributed by atoms with Crippen LogP contribution in [0, 0.1) is 11.6 Å². The van der Waals surface area contributed by atoms with Crippen LogP contribution < -0.4 is 10.6 Å². The number of rotatable bonds is 34. The van der Waals surface area contributed by atoms with Crippen LogP contribution in [0.15, 0.2) is 42.5 Å². The van der Waals surface area contributed by atoms with E-state index in [1.165, 1.54) is 63.1 Å². The van der Waals surface area contributed by atoms with Crippen molar-refractivity contribution in [3.8, 4) is 0 Å². The fourth-order valence-electron chi connectivity index (χ4n) is 8.25. The average molecular weight is 945 g/mol. The molecule has 11 nitrogen and oxygen atoms in total. The molecule has 0 aliphatic carbocycles. The van der Waals surface area contributed by atoms with E-state index in [4.69, 9.17) is 9.47 Å². The summed E-state index contributed by atoms with van der Waals surface area (Å²) < 4.78 is 77.6. The SMILES string of the molecule is CCCCCCCCCCCCCC[C@@H](O)[C@@H](O)[C@H](CO[C@H]1OC(CNC(=O)Cc2cccc(C(F)(F)F)c2)[C@H](O)[C@H](O)C1O)NC(=O)CCCCCCCCCCc1ccc(F)c(F)c1. The lowest BCUT2D eigenvalue weighted by Gasteiger charge is -2.41. The Labute approximate surface area is 388 Å². The van der Waals surface area contributed by atoms with E-state index in [2.05, 4.69) is 17.6 Å². The van der Waals surface area contributed by atoms with Crippen LogP contribution in [0.25, 0.3) is 0 Å². The number of nitrogens with one attached hydrogen (secondary N) is 2. The number of aryl methyl sites for hydroxylation is 1. The van der Waals surface area contributed by atoms with Crippen LogP contribution in [0.1, 0.15) is 165 Å². The number of amides is 2. The summed E-state index contributed by atoms with van der Waals surface area (Å²) in [6.07, 6.45) is 5.86. The van der Waals surface area contributed by atoms with Gasteiger partial charge in [-0.1, -0.05) is 147 Å². The number of ether oxygens (including phenoxy) is 2. The minimum Gasteiger partial charge on any atom is -0.390 e. The highest BCUT2D eigenvalue weighted by atomic mass is 19.4. The molecule has 1 fully saturated rings. The molecular weight excluding hydrogens is 868 g/mol. The van der Waals surface area contributed by atoms with Gasteiger partial charge < -0.3 is 45.6 Å². The van der Waals surface area contributed by atoms with Gasteiger partial charge in [-0.15, -0.1) is 0 Å². The zero-order valence-corrected chi connectivity index (χ0v) is 38.8. The van der Waals surface area contributed by atoms with Gasteiger partial charge in [-0.3, -0.25) is 9.59 Å². The third kappa shape index (κ3) is 22.2. The molecule has 0 aromatic heterocycles. The molecule has 16 heteroatoms. The number of aliphatic hydroxyl groups excluding tert-OH is 5. The van der Waals surface area contributed by atoms with Gasteiger partial charge in [0.05, 0.1) is 30.7 Å². The molecule has 0 spiro atoms. The largest absolute Gasteiger partial charge is 0.416 e. The van der Waals surface area contributed by atoms with Crippen molar-refractivity contribution in [2.75, 3.05) is 13.2 Å². The smallest absolute Gasteiger partial charge is 0.390 e. The van der Waals surface area contributed by atoms with Crippen LogP contribution in [-0.4, -0.2) is 99.5 Å². The van der Waals surface area contributed by atoms with Crippen molar-refractivity contribution in [3.05, 3.63) is 70.8 Å². The highest BCUT2D eigenvalue weighted by Gasteiger charge is 2.45. The number of aliphatic hydroxyl groups is 5. The molecule has 0 bridgehead atoms. The number of hydrogen-bond acceptors (Lipinski definition) is 9. The monoisotopic (exact) mass is 945 g/mol. The predicted octanol–water partition coefficient (Wildman–Crippen LogP) is 8.52. The Morgan fingerprint density at radius 3 is 1.89 bits per heavy atom. The summed E-state index contributed by atoms with van der Waals surface area (Å²) in [4.78, 5) is 25.8. The minimum absolute atomic E-state index is 0.0976. The van der Waals surface area contributed by atoms with Gasteiger partial charge in [0.25, 0.3) is 0 Å². The van der Waals surface area contributed by atoms with E-state index in [0.29, 0.717) is 19.3 Å². The molecule has 1 aliphatic heterocycles. The zero-order chi connectivity index (χ0) is 48.3. The fourth-order valence-corrected chi connectivity index (χ4v) is 8.25. The van der Waals surface area contributed by atoms with Gasteiger partial charge in [0.2, 0.25) is 11.8 Å². The molecule has 2 aromatic carbocycles. The standard InChI is InChI=1S/C50H77F5N2O9/c1-2-3-4-5-6-7-8-9-10-14-17-20-26-41(58)45(61)40(57-43(59)27-21-18-15-12-11-13-16-19-23-35-28-29-38(51)39(52)31-35)34-65-49-48(64)47(63)46(62)42(66-49)33-56-44(60)32-36-24-22-25-37(30-36)50(53,54)55/h22,24-25,28-31,40-42,45-49,58,61-64H,2-21,23,26-27,32-34H2,1H3,(H,56,60)(H,57,59)/t40-,41+,42?,45-,46-,47-,48?,49-/m0/s1. The Hall–Kier alpha value is -3.25. The number of benzene rings is 2. The van der Waals surface area contributed by atoms with Crippen LogP contribution in [0.2, 0.25) is 0 Å². The molecule has 0 saturated carbocycles. The molecule has 8 atom stereocenters. The van der Waals surface area contributed by atoms with Gasteiger partial charge in [-0.2, -0.15) is 13.2 Å². The van der Waals surface area contributed by atoms with Crippen molar-refractivity contribution >= 4 is 11.8 Å². The van der Waals surface area contributed by atoms with Gasteiger partial charge in [0.15, 0.2) is 17.9 Å². The maximum absolute atomic E-state index is 13.4. The molecule has 1 heterocycles. The molecule has 7 N–H and O–H groups in total. The third-order valence-corrected chi connectivity index (χ3v) is 12.3. The summed E-state index contributed by atoms with van der Waals surface area (Å²) in [6.45, 7) is 1.35. The normalized spacial score (nSPS) is 20.2.